The number of hydrogen-bond acceptors (Lipinski definition) is 5. The fourth-order valence-electron chi connectivity index (χ4n) is 0.0278. The van der Waals surface area contributed by atoms with Gasteiger partial charge in [-0.15, -0.1) is 0 Å². The minimum Gasteiger partial charge on any atom is -0.193 e. The van der Waals surface area contributed by atoms with Gasteiger partial charge >= 0.3 is 0 Å². The van der Waals surface area contributed by atoms with E-state index in [0.717, 1.165) is 0 Å². The van der Waals surface area contributed by atoms with E-state index in [-0.39, 0.29) is 0 Å². The average Bonchev–Trinajstić information content (AvgIpc) is 1.41. The predicted molar refractivity (Wildman–Crippen MR) is 13.7 cm³/mol. The van der Waals surface area contributed by atoms with Crippen LogP contribution in [-0.4, -0.2) is 0 Å². The van der Waals surface area contributed by atoms with Gasteiger partial charge in [0.25, 0.3) is 0 Å². The number of rotatable bonds is 2. The van der Waals surface area contributed by atoms with Gasteiger partial charge in [0.15, 0.2) is 0 Å². The van der Waals surface area contributed by atoms with Crippen molar-refractivity contribution >= 4 is 0 Å². The first-order chi connectivity index (χ1) is 2.41. The molecule has 0 unspecified atom stereocenters. The maximum atomic E-state index is 4.32. The van der Waals surface area contributed by atoms with Gasteiger partial charge in [-0.05, 0) is 5.64 Å². The van der Waals surface area contributed by atoms with Gasteiger partial charge in [0.1, 0.15) is 0 Å². The molecule has 0 saturated heterocycles. The van der Waals surface area contributed by atoms with Gasteiger partial charge < -0.3 is 0 Å². The lowest BCUT2D eigenvalue weighted by molar-refractivity contribution is -0.176. The third kappa shape index (κ3) is 3.80. The van der Waals surface area contributed by atoms with Crippen LogP contribution in [0, 0.1) is 0 Å². The third-order valence-electron chi connectivity index (χ3n) is 0.0962. The van der Waals surface area contributed by atoms with Crippen molar-refractivity contribution in [2.24, 2.45) is 11.8 Å². The molecule has 0 atom stereocenters. The van der Waals surface area contributed by atoms with Crippen LogP contribution in [0.1, 0.15) is 0 Å². The molecular formula is H5N3O2. The van der Waals surface area contributed by atoms with Gasteiger partial charge in [-0.25, -0.2) is 0 Å². The van der Waals surface area contributed by atoms with E-state index in [9.17, 15) is 0 Å². The first kappa shape index (κ1) is 4.80. The quantitative estimate of drug-likeness (QED) is 0.340. The maximum Gasteiger partial charge on any atom is -0.0402 e. The van der Waals surface area contributed by atoms with Crippen molar-refractivity contribution in [2.75, 3.05) is 0 Å². The molecule has 5 heteroatoms. The van der Waals surface area contributed by atoms with E-state index >= 15 is 0 Å². The molecule has 5 heavy (non-hydrogen) atoms. The molecule has 0 aliphatic carbocycles. The molecule has 0 heterocycles. The predicted octanol–water partition coefficient (Wildman–Crippen LogP) is -1.81. The SMILES string of the molecule is NONON. The van der Waals surface area contributed by atoms with Crippen LogP contribution in [0.25, 0.3) is 0 Å². The molecule has 0 aliphatic rings. The number of hydrogen-bond donors (Lipinski definition) is 3. The minimum atomic E-state index is 1.67. The van der Waals surface area contributed by atoms with Crippen molar-refractivity contribution in [2.45, 2.75) is 0 Å². The Kier molecular flexibility index (Phi) is 3.65. The Hall–Kier alpha value is -0.200. The van der Waals surface area contributed by atoms with Crippen molar-refractivity contribution in [1.82, 2.24) is 5.64 Å². The van der Waals surface area contributed by atoms with Crippen molar-refractivity contribution in [3.8, 4) is 0 Å². The maximum absolute atomic E-state index is 4.32. The lowest BCUT2D eigenvalue weighted by Gasteiger charge is -1.87. The van der Waals surface area contributed by atoms with Gasteiger partial charge in [-0.3, -0.25) is 0 Å². The van der Waals surface area contributed by atoms with E-state index in [1.165, 1.54) is 0 Å². The largest absolute Gasteiger partial charge is 0.193 e. The highest BCUT2D eigenvalue weighted by Gasteiger charge is 1.60. The summed E-state index contributed by atoms with van der Waals surface area (Å²) in [5.74, 6) is 8.65. The van der Waals surface area contributed by atoms with Crippen LogP contribution >= 0.6 is 0 Å². The van der Waals surface area contributed by atoms with Crippen molar-refractivity contribution in [1.29, 1.82) is 0 Å². The average molecular weight is 79.1 g/mol. The van der Waals surface area contributed by atoms with E-state index in [2.05, 4.69) is 21.7 Å². The number of nitrogens with two attached hydrogens (primary N) is 2. The summed E-state index contributed by atoms with van der Waals surface area (Å²) in [5, 5.41) is 0. The van der Waals surface area contributed by atoms with Crippen LogP contribution in [-0.2, 0) is 9.88 Å². The summed E-state index contributed by atoms with van der Waals surface area (Å²) >= 11 is 0. The second-order valence-corrected chi connectivity index (χ2v) is 0.319. The Morgan fingerprint density at radius 1 is 1.20 bits per heavy atom. The lowest BCUT2D eigenvalue weighted by Crippen LogP contribution is -2.22. The van der Waals surface area contributed by atoms with Crippen LogP contribution in [0.5, 0.6) is 0 Å². The van der Waals surface area contributed by atoms with Crippen LogP contribution in [0.4, 0.5) is 0 Å². The highest BCUT2D eigenvalue weighted by Crippen LogP contribution is 1.34. The lowest BCUT2D eigenvalue weighted by atomic mass is 13.0. The molecule has 0 fully saturated rings. The highest BCUT2D eigenvalue weighted by atomic mass is 17.0. The van der Waals surface area contributed by atoms with Gasteiger partial charge in [0, 0.05) is 0 Å². The monoisotopic (exact) mass is 79.0 g/mol. The first-order valence-electron chi connectivity index (χ1n) is 0.880. The molecule has 0 aromatic heterocycles. The molecule has 5 nitrogen and oxygen atoms in total. The fourth-order valence-corrected chi connectivity index (χ4v) is 0.0278. The summed E-state index contributed by atoms with van der Waals surface area (Å²) in [6.45, 7) is 0. The first-order valence-corrected chi connectivity index (χ1v) is 0.880. The molecule has 0 aromatic carbocycles. The topological polar surface area (TPSA) is 82.5 Å². The Balaban J connectivity index is 2.19. The van der Waals surface area contributed by atoms with Crippen LogP contribution < -0.4 is 17.4 Å². The molecule has 0 aromatic rings. The second kappa shape index (κ2) is 3.80. The van der Waals surface area contributed by atoms with Crippen LogP contribution in [0.3, 0.4) is 0 Å². The highest BCUT2D eigenvalue weighted by molar-refractivity contribution is 3.47. The molecule has 5 N–H and O–H groups in total. The molecule has 0 aliphatic heterocycles. The molecule has 0 spiro atoms. The third-order valence-corrected chi connectivity index (χ3v) is 0.0962. The summed E-state index contributed by atoms with van der Waals surface area (Å²) in [4.78, 5) is 7.19. The summed E-state index contributed by atoms with van der Waals surface area (Å²) in [6, 6.07) is 0. The molecule has 0 saturated carbocycles. The molecule has 0 amide bonds. The van der Waals surface area contributed by atoms with E-state index in [1.54, 1.807) is 5.64 Å². The van der Waals surface area contributed by atoms with Crippen molar-refractivity contribution < 1.29 is 9.88 Å². The van der Waals surface area contributed by atoms with E-state index in [1.807, 2.05) is 0 Å². The van der Waals surface area contributed by atoms with Crippen LogP contribution in [0.2, 0.25) is 0 Å². The van der Waals surface area contributed by atoms with Gasteiger partial charge in [-0.2, -0.15) is 21.7 Å². The molecular weight excluding hydrogens is 74.0 g/mol. The standard InChI is InChI=1S/H5N3O2/c1-4-3-5-2/h3H,1-2H2. The summed E-state index contributed by atoms with van der Waals surface area (Å²) in [5.41, 5.74) is 1.67. The Labute approximate surface area is 28.6 Å². The van der Waals surface area contributed by atoms with E-state index < -0.39 is 0 Å². The molecule has 0 rings (SSSR count). The Morgan fingerprint density at radius 3 is 1.60 bits per heavy atom. The zero-order chi connectivity index (χ0) is 4.12. The Bertz CT molecular complexity index is 12.4. The van der Waals surface area contributed by atoms with E-state index in [4.69, 9.17) is 0 Å². The Morgan fingerprint density at radius 2 is 1.60 bits per heavy atom. The minimum absolute atomic E-state index is 1.67. The summed E-state index contributed by atoms with van der Waals surface area (Å²) in [6.07, 6.45) is 0. The molecule has 0 bridgehead atoms. The van der Waals surface area contributed by atoms with Gasteiger partial charge in [-0.1, -0.05) is 0 Å². The zero-order valence-corrected chi connectivity index (χ0v) is 2.47. The van der Waals surface area contributed by atoms with Crippen molar-refractivity contribution in [3.05, 3.63) is 0 Å². The van der Waals surface area contributed by atoms with Crippen molar-refractivity contribution in [3.63, 3.8) is 0 Å². The number of nitrogens with one attached hydrogen (secondary N) is 1. The normalized spacial score (nSPS) is 8.40. The van der Waals surface area contributed by atoms with Gasteiger partial charge in [0.05, 0.1) is 0 Å². The smallest absolute Gasteiger partial charge is 0.0402 e. The molecule has 32 valence electrons. The van der Waals surface area contributed by atoms with Gasteiger partial charge in [0.2, 0.25) is 0 Å². The second-order valence-electron chi connectivity index (χ2n) is 0.319. The van der Waals surface area contributed by atoms with Crippen LogP contribution in [0.15, 0.2) is 0 Å². The fraction of sp³-hybridized carbons (Fsp3) is 0. The zero-order valence-electron chi connectivity index (χ0n) is 2.47. The van der Waals surface area contributed by atoms with E-state index in [0.29, 0.717) is 0 Å². The molecule has 0 radical (unpaired) electrons. The summed E-state index contributed by atoms with van der Waals surface area (Å²) < 4.78 is 0. The summed E-state index contributed by atoms with van der Waals surface area (Å²) in [7, 11) is 0.